The van der Waals surface area contributed by atoms with Gasteiger partial charge in [0.25, 0.3) is 0 Å². The monoisotopic (exact) mass is 442 g/mol. The maximum Gasteiger partial charge on any atom is 0.334 e. The standard InChI is InChI=1S/C27H26N2O4/c1-32-27(30)24-17-20-7-4-6-19-14-21-15-22(10-9-18(21)16-23(24)26(19)20)33-13-5-11-28-25-8-2-3-12-29(25)31/h2-4,6-10,12,15,31H,5,11,13-14,16-17H2,1H3. The Hall–Kier alpha value is -3.80. The Kier molecular flexibility index (Phi) is 5.73. The lowest BCUT2D eigenvalue weighted by Gasteiger charge is -2.11. The van der Waals surface area contributed by atoms with Crippen molar-refractivity contribution in [1.29, 1.82) is 0 Å². The van der Waals surface area contributed by atoms with Crippen LogP contribution >= 0.6 is 0 Å². The fraction of sp³-hybridized carbons (Fsp3) is 0.259. The summed E-state index contributed by atoms with van der Waals surface area (Å²) >= 11 is 0. The molecule has 5 rings (SSSR count). The zero-order valence-electron chi connectivity index (χ0n) is 18.6. The van der Waals surface area contributed by atoms with Crippen molar-refractivity contribution in [2.45, 2.75) is 25.7 Å². The molecule has 1 aromatic heterocycles. The van der Waals surface area contributed by atoms with E-state index >= 15 is 0 Å². The van der Waals surface area contributed by atoms with Gasteiger partial charge in [0.1, 0.15) is 5.75 Å². The van der Waals surface area contributed by atoms with Gasteiger partial charge in [0.05, 0.1) is 13.7 Å². The molecule has 0 atom stereocenters. The van der Waals surface area contributed by atoms with Crippen LogP contribution in [0.25, 0.3) is 5.57 Å². The fourth-order valence-corrected chi connectivity index (χ4v) is 4.72. The molecule has 2 aromatic carbocycles. The van der Waals surface area contributed by atoms with Gasteiger partial charge >= 0.3 is 5.97 Å². The average molecular weight is 443 g/mol. The Bertz CT molecular complexity index is 1320. The highest BCUT2D eigenvalue weighted by atomic mass is 16.5. The Morgan fingerprint density at radius 2 is 1.85 bits per heavy atom. The average Bonchev–Trinajstić information content (AvgIpc) is 3.11. The highest BCUT2D eigenvalue weighted by Crippen LogP contribution is 2.42. The summed E-state index contributed by atoms with van der Waals surface area (Å²) in [5.41, 5.74) is 8.52. The van der Waals surface area contributed by atoms with Crippen LogP contribution in [0.2, 0.25) is 0 Å². The smallest absolute Gasteiger partial charge is 0.334 e. The van der Waals surface area contributed by atoms with Crippen LogP contribution in [0.1, 0.15) is 34.2 Å². The van der Waals surface area contributed by atoms with Crippen LogP contribution in [0.5, 0.6) is 5.75 Å². The number of fused-ring (bicyclic) bond motifs is 1. The lowest BCUT2D eigenvalue weighted by molar-refractivity contribution is -0.136. The van der Waals surface area contributed by atoms with E-state index in [1.165, 1.54) is 34.9 Å². The highest BCUT2D eigenvalue weighted by molar-refractivity contribution is 6.02. The van der Waals surface area contributed by atoms with Gasteiger partial charge in [-0.25, -0.2) is 4.79 Å². The van der Waals surface area contributed by atoms with E-state index in [0.717, 1.165) is 40.9 Å². The van der Waals surface area contributed by atoms with Gasteiger partial charge in [-0.2, -0.15) is 4.73 Å². The SMILES string of the molecule is COC(=O)C1=C2Cc3ccc(OCCCN=c4ccccn4O)cc3Cc3cccc(c32)C1. The number of aromatic nitrogens is 1. The number of carbonyl (C=O) groups is 1. The van der Waals surface area contributed by atoms with E-state index in [-0.39, 0.29) is 5.97 Å². The number of carbonyl (C=O) groups excluding carboxylic acids is 1. The number of benzene rings is 2. The Morgan fingerprint density at radius 3 is 2.67 bits per heavy atom. The van der Waals surface area contributed by atoms with Gasteiger partial charge in [0.2, 0.25) is 0 Å². The number of rotatable bonds is 6. The third-order valence-electron chi connectivity index (χ3n) is 6.29. The largest absolute Gasteiger partial charge is 0.494 e. The van der Waals surface area contributed by atoms with Gasteiger partial charge in [0.15, 0.2) is 5.49 Å². The maximum absolute atomic E-state index is 12.4. The minimum atomic E-state index is -0.233. The van der Waals surface area contributed by atoms with Gasteiger partial charge < -0.3 is 14.7 Å². The summed E-state index contributed by atoms with van der Waals surface area (Å²) in [5, 5.41) is 9.71. The lowest BCUT2D eigenvalue weighted by Crippen LogP contribution is -2.17. The molecule has 6 nitrogen and oxygen atoms in total. The van der Waals surface area contributed by atoms with E-state index in [4.69, 9.17) is 9.47 Å². The molecule has 0 radical (unpaired) electrons. The minimum Gasteiger partial charge on any atom is -0.494 e. The predicted octanol–water partition coefficient (Wildman–Crippen LogP) is 3.72. The van der Waals surface area contributed by atoms with Crippen LogP contribution in [0.3, 0.4) is 0 Å². The molecular formula is C27H26N2O4. The number of hydrogen-bond acceptors (Lipinski definition) is 5. The summed E-state index contributed by atoms with van der Waals surface area (Å²) in [5.74, 6) is 0.601. The number of nitrogens with zero attached hydrogens (tertiary/aromatic N) is 2. The van der Waals surface area contributed by atoms with Crippen LogP contribution in [0.4, 0.5) is 0 Å². The van der Waals surface area contributed by atoms with Crippen molar-refractivity contribution in [2.24, 2.45) is 4.99 Å². The Labute approximate surface area is 192 Å². The zero-order valence-corrected chi connectivity index (χ0v) is 18.6. The molecule has 0 aliphatic heterocycles. The van der Waals surface area contributed by atoms with Gasteiger partial charge in [-0.3, -0.25) is 4.99 Å². The van der Waals surface area contributed by atoms with Crippen molar-refractivity contribution < 1.29 is 19.5 Å². The molecular weight excluding hydrogens is 416 g/mol. The summed E-state index contributed by atoms with van der Waals surface area (Å²) in [6.45, 7) is 1.11. The van der Waals surface area contributed by atoms with Gasteiger partial charge in [-0.15, -0.1) is 0 Å². The quantitative estimate of drug-likeness (QED) is 0.359. The van der Waals surface area contributed by atoms with Crippen LogP contribution in [0.15, 0.2) is 71.4 Å². The van der Waals surface area contributed by atoms with E-state index in [9.17, 15) is 10.0 Å². The molecule has 2 aliphatic carbocycles. The first-order chi connectivity index (χ1) is 16.1. The molecule has 6 heteroatoms. The second kappa shape index (κ2) is 8.98. The van der Waals surface area contributed by atoms with Crippen LogP contribution in [-0.2, 0) is 28.8 Å². The number of allylic oxidation sites excluding steroid dienone is 1. The summed E-state index contributed by atoms with van der Waals surface area (Å²) in [6, 6.07) is 17.9. The first-order valence-corrected chi connectivity index (χ1v) is 11.2. The molecule has 2 aliphatic rings. The summed E-state index contributed by atoms with van der Waals surface area (Å²) in [7, 11) is 1.45. The molecule has 0 spiro atoms. The van der Waals surface area contributed by atoms with Crippen molar-refractivity contribution in [3.8, 4) is 5.75 Å². The second-order valence-electron chi connectivity index (χ2n) is 8.35. The molecule has 168 valence electrons. The van der Waals surface area contributed by atoms with E-state index in [0.29, 0.717) is 25.1 Å². The normalized spacial score (nSPS) is 14.5. The molecule has 3 aromatic rings. The van der Waals surface area contributed by atoms with Crippen LogP contribution < -0.4 is 10.2 Å². The topological polar surface area (TPSA) is 73.0 Å². The fourth-order valence-electron chi connectivity index (χ4n) is 4.72. The number of hydrogen-bond donors (Lipinski definition) is 1. The Balaban J connectivity index is 1.32. The van der Waals surface area contributed by atoms with E-state index in [2.05, 4.69) is 35.3 Å². The summed E-state index contributed by atoms with van der Waals surface area (Å²) < 4.78 is 12.1. The first kappa shape index (κ1) is 21.1. The minimum absolute atomic E-state index is 0.233. The van der Waals surface area contributed by atoms with Crippen molar-refractivity contribution in [2.75, 3.05) is 20.3 Å². The molecule has 1 heterocycles. The van der Waals surface area contributed by atoms with E-state index < -0.39 is 0 Å². The van der Waals surface area contributed by atoms with Gasteiger partial charge in [0, 0.05) is 31.2 Å². The van der Waals surface area contributed by atoms with Crippen molar-refractivity contribution >= 4 is 11.5 Å². The number of ether oxygens (including phenoxy) is 2. The first-order valence-electron chi connectivity index (χ1n) is 11.2. The number of pyridine rings is 1. The zero-order chi connectivity index (χ0) is 22.8. The molecule has 0 saturated heterocycles. The summed E-state index contributed by atoms with van der Waals surface area (Å²) in [6.07, 6.45) is 4.48. The Morgan fingerprint density at radius 1 is 1.00 bits per heavy atom. The van der Waals surface area contributed by atoms with E-state index in [1.807, 2.05) is 12.1 Å². The molecule has 0 saturated carbocycles. The highest BCUT2D eigenvalue weighted by Gasteiger charge is 2.31. The molecule has 0 bridgehead atoms. The predicted molar refractivity (Wildman–Crippen MR) is 124 cm³/mol. The molecule has 0 fully saturated rings. The molecule has 33 heavy (non-hydrogen) atoms. The van der Waals surface area contributed by atoms with Gasteiger partial charge in [-0.05, 0) is 70.5 Å². The molecule has 0 amide bonds. The van der Waals surface area contributed by atoms with Crippen molar-refractivity contribution in [1.82, 2.24) is 4.73 Å². The summed E-state index contributed by atoms with van der Waals surface area (Å²) in [4.78, 5) is 16.8. The third kappa shape index (κ3) is 4.16. The van der Waals surface area contributed by atoms with E-state index in [1.54, 1.807) is 18.3 Å². The van der Waals surface area contributed by atoms with Gasteiger partial charge in [-0.1, -0.05) is 30.3 Å². The van der Waals surface area contributed by atoms with Crippen molar-refractivity contribution in [3.63, 3.8) is 0 Å². The molecule has 0 unspecified atom stereocenters. The number of methoxy groups -OCH3 is 1. The third-order valence-corrected chi connectivity index (χ3v) is 6.29. The van der Waals surface area contributed by atoms with Crippen molar-refractivity contribution in [3.05, 3.63) is 99.7 Å². The lowest BCUT2D eigenvalue weighted by atomic mass is 9.97. The number of esters is 1. The second-order valence-corrected chi connectivity index (χ2v) is 8.35. The maximum atomic E-state index is 12.4. The van der Waals surface area contributed by atoms with Crippen LogP contribution in [0, 0.1) is 0 Å². The van der Waals surface area contributed by atoms with Crippen LogP contribution in [-0.4, -0.2) is 36.2 Å². The molecule has 1 N–H and O–H groups in total.